The number of hydrogen-bond donors (Lipinski definition) is 1. The molecule has 0 aromatic carbocycles. The van der Waals surface area contributed by atoms with Gasteiger partial charge >= 0.3 is 6.09 Å². The fourth-order valence-electron chi connectivity index (χ4n) is 3.71. The molecule has 0 bridgehead atoms. The first kappa shape index (κ1) is 25.0. The van der Waals surface area contributed by atoms with Crippen molar-refractivity contribution in [3.05, 3.63) is 36.5 Å². The molecule has 2 amide bonds. The lowest BCUT2D eigenvalue weighted by atomic mass is 10.0. The van der Waals surface area contributed by atoms with E-state index in [1.54, 1.807) is 61.9 Å². The van der Waals surface area contributed by atoms with Crippen molar-refractivity contribution < 1.29 is 19.1 Å². The molecule has 1 aliphatic rings. The Morgan fingerprint density at radius 3 is 2.61 bits per heavy atom. The summed E-state index contributed by atoms with van der Waals surface area (Å²) in [5, 5.41) is 22.5. The largest absolute Gasteiger partial charge is 0.486 e. The molecule has 4 rings (SSSR count). The van der Waals surface area contributed by atoms with Gasteiger partial charge in [-0.3, -0.25) is 4.79 Å². The third-order valence-electron chi connectivity index (χ3n) is 5.45. The van der Waals surface area contributed by atoms with Crippen LogP contribution in [0.5, 0.6) is 5.75 Å². The van der Waals surface area contributed by atoms with E-state index in [1.165, 1.54) is 11.0 Å². The third-order valence-corrected chi connectivity index (χ3v) is 5.45. The molecule has 14 heteroatoms. The molecule has 0 saturated carbocycles. The van der Waals surface area contributed by atoms with Crippen molar-refractivity contribution in [3.8, 4) is 11.6 Å². The van der Waals surface area contributed by atoms with Gasteiger partial charge in [-0.1, -0.05) is 0 Å². The molecule has 0 radical (unpaired) electrons. The summed E-state index contributed by atoms with van der Waals surface area (Å²) in [6.07, 6.45) is 5.54. The fourth-order valence-corrected chi connectivity index (χ4v) is 3.71. The highest BCUT2D eigenvalue weighted by Gasteiger charge is 2.29. The maximum absolute atomic E-state index is 12.7. The molecule has 14 nitrogen and oxygen atoms in total. The highest BCUT2D eigenvalue weighted by molar-refractivity contribution is 5.85. The van der Waals surface area contributed by atoms with E-state index in [0.29, 0.717) is 43.2 Å². The monoisotopic (exact) mass is 498 g/mol. The number of tetrazole rings is 1. The van der Waals surface area contributed by atoms with Gasteiger partial charge in [0.25, 0.3) is 0 Å². The van der Waals surface area contributed by atoms with Crippen LogP contribution in [0.3, 0.4) is 0 Å². The molecule has 3 aromatic heterocycles. The first-order valence-corrected chi connectivity index (χ1v) is 11.7. The Bertz CT molecular complexity index is 1150. The molecule has 0 spiro atoms. The number of amides is 2. The average molecular weight is 499 g/mol. The number of carbonyl (C=O) groups excluding carboxylic acids is 2. The number of pyridine rings is 1. The number of piperidine rings is 1. The number of ether oxygens (including phenoxy) is 2. The van der Waals surface area contributed by atoms with Crippen molar-refractivity contribution in [1.82, 2.24) is 50.4 Å². The summed E-state index contributed by atoms with van der Waals surface area (Å²) in [7, 11) is 0. The Hall–Kier alpha value is -4.10. The van der Waals surface area contributed by atoms with Gasteiger partial charge in [-0.05, 0) is 63.1 Å². The van der Waals surface area contributed by atoms with E-state index in [-0.39, 0.29) is 18.6 Å². The van der Waals surface area contributed by atoms with Gasteiger partial charge < -0.3 is 19.7 Å². The highest BCUT2D eigenvalue weighted by atomic mass is 16.6. The normalized spacial score (nSPS) is 15.4. The van der Waals surface area contributed by atoms with Gasteiger partial charge in [0.2, 0.25) is 5.91 Å². The molecular weight excluding hydrogens is 468 g/mol. The van der Waals surface area contributed by atoms with Crippen LogP contribution in [0.4, 0.5) is 4.79 Å². The van der Waals surface area contributed by atoms with Crippen LogP contribution < -0.4 is 10.1 Å². The number of hydrogen-bond acceptors (Lipinski definition) is 10. The maximum Gasteiger partial charge on any atom is 0.408 e. The second-order valence-corrected chi connectivity index (χ2v) is 9.48. The quantitative estimate of drug-likeness (QED) is 0.504. The van der Waals surface area contributed by atoms with E-state index in [1.807, 2.05) is 0 Å². The summed E-state index contributed by atoms with van der Waals surface area (Å²) in [5.41, 5.74) is 0.0670. The lowest BCUT2D eigenvalue weighted by Crippen LogP contribution is -2.50. The Morgan fingerprint density at radius 1 is 1.19 bits per heavy atom. The van der Waals surface area contributed by atoms with Crippen LogP contribution in [-0.4, -0.2) is 81.8 Å². The molecule has 0 unspecified atom stereocenters. The zero-order valence-corrected chi connectivity index (χ0v) is 20.7. The summed E-state index contributed by atoms with van der Waals surface area (Å²) in [6.45, 7) is 8.34. The van der Waals surface area contributed by atoms with Crippen molar-refractivity contribution in [2.45, 2.75) is 64.8 Å². The van der Waals surface area contributed by atoms with Crippen LogP contribution in [0.1, 0.15) is 52.3 Å². The van der Waals surface area contributed by atoms with Crippen molar-refractivity contribution in [3.63, 3.8) is 0 Å². The molecule has 3 aromatic rings. The summed E-state index contributed by atoms with van der Waals surface area (Å²) in [6, 6.07) is 2.94. The molecule has 1 fully saturated rings. The number of nitrogens with zero attached hydrogens (tertiary/aromatic N) is 9. The van der Waals surface area contributed by atoms with E-state index in [9.17, 15) is 9.59 Å². The molecule has 1 atom stereocenters. The first-order valence-electron chi connectivity index (χ1n) is 11.7. The van der Waals surface area contributed by atoms with Crippen LogP contribution >= 0.6 is 0 Å². The lowest BCUT2D eigenvalue weighted by Gasteiger charge is -2.33. The summed E-state index contributed by atoms with van der Waals surface area (Å²) < 4.78 is 12.4. The Balaban J connectivity index is 1.23. The predicted octanol–water partition coefficient (Wildman–Crippen LogP) is 1.30. The molecule has 192 valence electrons. The predicted molar refractivity (Wildman–Crippen MR) is 125 cm³/mol. The molecule has 1 aliphatic heterocycles. The van der Waals surface area contributed by atoms with Crippen LogP contribution in [0, 0.1) is 0 Å². The van der Waals surface area contributed by atoms with E-state index in [0.717, 1.165) is 0 Å². The van der Waals surface area contributed by atoms with Crippen LogP contribution in [0.15, 0.2) is 30.9 Å². The van der Waals surface area contributed by atoms with Crippen molar-refractivity contribution >= 4 is 12.0 Å². The van der Waals surface area contributed by atoms with Crippen LogP contribution in [0.25, 0.3) is 5.82 Å². The Kier molecular flexibility index (Phi) is 7.41. The molecule has 36 heavy (non-hydrogen) atoms. The minimum atomic E-state index is -0.667. The molecule has 0 aliphatic carbocycles. The second-order valence-electron chi connectivity index (χ2n) is 9.48. The van der Waals surface area contributed by atoms with Gasteiger partial charge in [-0.15, -0.1) is 5.10 Å². The molecular formula is C22H30N10O4. The number of aromatic nitrogens is 8. The zero-order valence-electron chi connectivity index (χ0n) is 20.7. The Morgan fingerprint density at radius 2 is 1.97 bits per heavy atom. The SMILES string of the molecule is C[C@H](NC(=O)OC(C)(C)C)C(=O)N1CCC(n2ncc(COc3ccc(-n4cnnn4)nc3)n2)CC1. The van der Waals surface area contributed by atoms with E-state index in [4.69, 9.17) is 9.47 Å². The van der Waals surface area contributed by atoms with Gasteiger partial charge in [-0.25, -0.2) is 9.78 Å². The minimum Gasteiger partial charge on any atom is -0.486 e. The van der Waals surface area contributed by atoms with Gasteiger partial charge in [-0.2, -0.15) is 19.7 Å². The zero-order chi connectivity index (χ0) is 25.7. The van der Waals surface area contributed by atoms with Gasteiger partial charge in [0, 0.05) is 13.1 Å². The third kappa shape index (κ3) is 6.52. The van der Waals surface area contributed by atoms with Gasteiger partial charge in [0.15, 0.2) is 5.82 Å². The smallest absolute Gasteiger partial charge is 0.408 e. The number of alkyl carbamates (subject to hydrolysis) is 1. The first-order chi connectivity index (χ1) is 17.2. The van der Waals surface area contributed by atoms with Crippen LogP contribution in [-0.2, 0) is 16.1 Å². The number of nitrogens with one attached hydrogen (secondary N) is 1. The number of carbonyl (C=O) groups is 2. The van der Waals surface area contributed by atoms with Crippen molar-refractivity contribution in [2.24, 2.45) is 0 Å². The van der Waals surface area contributed by atoms with E-state index in [2.05, 4.69) is 36.0 Å². The van der Waals surface area contributed by atoms with E-state index < -0.39 is 17.7 Å². The van der Waals surface area contributed by atoms with Crippen LogP contribution in [0.2, 0.25) is 0 Å². The molecule has 1 saturated heterocycles. The summed E-state index contributed by atoms with van der Waals surface area (Å²) in [4.78, 5) is 32.4. The average Bonchev–Trinajstić information content (AvgIpc) is 3.54. The van der Waals surface area contributed by atoms with Gasteiger partial charge in [0.05, 0.1) is 18.4 Å². The standard InChI is InChI=1S/C22H30N10O4/c1-15(26-21(34)36-22(2,3)4)20(33)30-9-7-17(8-10-30)32-25-11-16(27-32)13-35-18-5-6-19(23-12-18)31-14-24-28-29-31/h5-6,11-12,14-15,17H,7-10,13H2,1-4H3,(H,26,34)/t15-/m0/s1. The van der Waals surface area contributed by atoms with Crippen molar-refractivity contribution in [2.75, 3.05) is 13.1 Å². The lowest BCUT2D eigenvalue weighted by molar-refractivity contribution is -0.134. The molecule has 4 heterocycles. The van der Waals surface area contributed by atoms with Gasteiger partial charge in [0.1, 0.15) is 36.0 Å². The summed E-state index contributed by atoms with van der Waals surface area (Å²) >= 11 is 0. The number of rotatable bonds is 7. The topological polar surface area (TPSA) is 155 Å². The summed E-state index contributed by atoms with van der Waals surface area (Å²) in [5.74, 6) is 1.03. The fraction of sp³-hybridized carbons (Fsp3) is 0.545. The highest BCUT2D eigenvalue weighted by Crippen LogP contribution is 2.22. The Labute approximate surface area is 208 Å². The molecule has 1 N–H and O–H groups in total. The van der Waals surface area contributed by atoms with E-state index >= 15 is 0 Å². The number of likely N-dealkylation sites (tertiary alicyclic amines) is 1. The maximum atomic E-state index is 12.7. The van der Waals surface area contributed by atoms with Crippen molar-refractivity contribution in [1.29, 1.82) is 0 Å². The minimum absolute atomic E-state index is 0.0779. The second kappa shape index (κ2) is 10.7.